The highest BCUT2D eigenvalue weighted by Crippen LogP contribution is 2.49. The van der Waals surface area contributed by atoms with E-state index in [-0.39, 0.29) is 48.8 Å². The normalized spacial score (nSPS) is 25.5. The molecule has 0 spiro atoms. The highest BCUT2D eigenvalue weighted by Gasteiger charge is 2.55. The number of likely N-dealkylation sites (tertiary alicyclic amines) is 1. The third-order valence-electron chi connectivity index (χ3n) is 6.23. The third-order valence-corrected chi connectivity index (χ3v) is 6.23. The van der Waals surface area contributed by atoms with Crippen molar-refractivity contribution in [3.63, 3.8) is 0 Å². The number of para-hydroxylation sites is 1. The van der Waals surface area contributed by atoms with Crippen LogP contribution >= 0.6 is 0 Å². The summed E-state index contributed by atoms with van der Waals surface area (Å²) >= 11 is 0. The largest absolute Gasteiger partial charge is 0.394 e. The Morgan fingerprint density at radius 1 is 1.11 bits per heavy atom. The molecule has 0 radical (unpaired) electrons. The maximum absolute atomic E-state index is 13.0. The average Bonchev–Trinajstić information content (AvgIpc) is 3.54. The van der Waals surface area contributed by atoms with Crippen LogP contribution in [0.25, 0.3) is 0 Å². The fraction of sp³-hybridized carbons (Fsp3) is 0.409. The van der Waals surface area contributed by atoms with Crippen LogP contribution in [-0.2, 0) is 16.0 Å². The van der Waals surface area contributed by atoms with Crippen molar-refractivity contribution in [3.8, 4) is 0 Å². The lowest BCUT2D eigenvalue weighted by molar-refractivity contribution is -0.150. The molecular weight excluding hydrogens is 354 g/mol. The van der Waals surface area contributed by atoms with Crippen LogP contribution in [0.4, 0.5) is 5.69 Å². The molecule has 1 aromatic heterocycles. The second-order valence-corrected chi connectivity index (χ2v) is 7.92. The van der Waals surface area contributed by atoms with Gasteiger partial charge in [-0.05, 0) is 36.6 Å². The Bertz CT molecular complexity index is 912. The fourth-order valence-corrected chi connectivity index (χ4v) is 4.74. The zero-order valence-electron chi connectivity index (χ0n) is 15.6. The number of fused-ring (bicyclic) bond motifs is 3. The monoisotopic (exact) mass is 377 g/mol. The zero-order valence-corrected chi connectivity index (χ0v) is 15.6. The summed E-state index contributed by atoms with van der Waals surface area (Å²) < 4.78 is 0. The van der Waals surface area contributed by atoms with Gasteiger partial charge in [0.25, 0.3) is 0 Å². The van der Waals surface area contributed by atoms with E-state index < -0.39 is 0 Å². The molecule has 3 aliphatic rings. The number of nitrogens with zero attached hydrogens (tertiary/aromatic N) is 3. The van der Waals surface area contributed by atoms with Gasteiger partial charge in [0.05, 0.1) is 25.1 Å². The first-order valence-electron chi connectivity index (χ1n) is 9.91. The number of amides is 2. The van der Waals surface area contributed by atoms with Crippen LogP contribution in [0.15, 0.2) is 48.7 Å². The van der Waals surface area contributed by atoms with Gasteiger partial charge in [-0.15, -0.1) is 0 Å². The van der Waals surface area contributed by atoms with Crippen LogP contribution in [0, 0.1) is 5.92 Å². The van der Waals surface area contributed by atoms with Crippen molar-refractivity contribution in [2.75, 3.05) is 18.1 Å². The second-order valence-electron chi connectivity index (χ2n) is 7.92. The van der Waals surface area contributed by atoms with E-state index >= 15 is 0 Å². The number of anilines is 1. The molecule has 6 nitrogen and oxygen atoms in total. The molecule has 1 saturated carbocycles. The molecule has 2 aromatic rings. The zero-order chi connectivity index (χ0) is 19.3. The van der Waals surface area contributed by atoms with Crippen molar-refractivity contribution in [3.05, 3.63) is 59.9 Å². The van der Waals surface area contributed by atoms with Gasteiger partial charge in [0.1, 0.15) is 0 Å². The maximum atomic E-state index is 13.0. The van der Waals surface area contributed by atoms with E-state index in [2.05, 4.69) is 4.98 Å². The molecule has 3 atom stereocenters. The van der Waals surface area contributed by atoms with E-state index in [1.807, 2.05) is 47.4 Å². The molecule has 2 fully saturated rings. The smallest absolute Gasteiger partial charge is 0.230 e. The first-order chi connectivity index (χ1) is 13.7. The lowest BCUT2D eigenvalue weighted by atomic mass is 9.71. The molecule has 1 aliphatic carbocycles. The lowest BCUT2D eigenvalue weighted by Gasteiger charge is -2.59. The first-order valence-corrected chi connectivity index (χ1v) is 9.91. The van der Waals surface area contributed by atoms with E-state index in [1.165, 1.54) is 0 Å². The van der Waals surface area contributed by atoms with E-state index in [1.54, 1.807) is 11.1 Å². The molecular formula is C22H23N3O3. The topological polar surface area (TPSA) is 73.7 Å². The number of hydrogen-bond acceptors (Lipinski definition) is 4. The molecule has 1 N–H and O–H groups in total. The number of aliphatic hydroxyl groups is 1. The minimum absolute atomic E-state index is 0.0443. The number of pyridine rings is 1. The van der Waals surface area contributed by atoms with E-state index in [0.29, 0.717) is 6.54 Å². The molecule has 5 rings (SSSR count). The predicted octanol–water partition coefficient (Wildman–Crippen LogP) is 1.74. The maximum Gasteiger partial charge on any atom is 0.230 e. The molecule has 2 aliphatic heterocycles. The Morgan fingerprint density at radius 2 is 1.89 bits per heavy atom. The molecule has 3 heterocycles. The van der Waals surface area contributed by atoms with Crippen LogP contribution in [-0.4, -0.2) is 52.0 Å². The number of carbonyl (C=O) groups excluding carboxylic acids is 2. The van der Waals surface area contributed by atoms with Crippen molar-refractivity contribution < 1.29 is 14.7 Å². The Hall–Kier alpha value is -2.73. The van der Waals surface area contributed by atoms with Crippen LogP contribution in [0.2, 0.25) is 0 Å². The molecule has 1 aromatic carbocycles. The predicted molar refractivity (Wildman–Crippen MR) is 104 cm³/mol. The van der Waals surface area contributed by atoms with Crippen LogP contribution < -0.4 is 4.90 Å². The van der Waals surface area contributed by atoms with Gasteiger partial charge >= 0.3 is 0 Å². The summed E-state index contributed by atoms with van der Waals surface area (Å²) in [5.74, 6) is 0.306. The van der Waals surface area contributed by atoms with Crippen LogP contribution in [0.5, 0.6) is 0 Å². The highest BCUT2D eigenvalue weighted by molar-refractivity contribution is 5.98. The van der Waals surface area contributed by atoms with Crippen molar-refractivity contribution in [2.45, 2.75) is 37.3 Å². The molecule has 144 valence electrons. The van der Waals surface area contributed by atoms with Gasteiger partial charge in [-0.25, -0.2) is 0 Å². The Balaban J connectivity index is 1.45. The van der Waals surface area contributed by atoms with Gasteiger partial charge in [0, 0.05) is 36.0 Å². The van der Waals surface area contributed by atoms with E-state index in [9.17, 15) is 14.7 Å². The number of hydrogen-bond donors (Lipinski definition) is 1. The average molecular weight is 377 g/mol. The van der Waals surface area contributed by atoms with Crippen molar-refractivity contribution >= 4 is 17.5 Å². The number of benzene rings is 1. The van der Waals surface area contributed by atoms with Gasteiger partial charge < -0.3 is 14.9 Å². The fourth-order valence-electron chi connectivity index (χ4n) is 4.74. The van der Waals surface area contributed by atoms with Gasteiger partial charge in [0.2, 0.25) is 11.8 Å². The summed E-state index contributed by atoms with van der Waals surface area (Å²) in [6.45, 7) is 0.418. The van der Waals surface area contributed by atoms with E-state index in [0.717, 1.165) is 29.8 Å². The number of aliphatic hydroxyl groups excluding tert-OH is 1. The summed E-state index contributed by atoms with van der Waals surface area (Å²) in [7, 11) is 0. The Kier molecular flexibility index (Phi) is 4.16. The third kappa shape index (κ3) is 2.71. The van der Waals surface area contributed by atoms with Gasteiger partial charge in [0.15, 0.2) is 0 Å². The highest BCUT2D eigenvalue weighted by atomic mass is 16.3. The molecule has 0 unspecified atom stereocenters. The first kappa shape index (κ1) is 17.4. The molecule has 28 heavy (non-hydrogen) atoms. The summed E-state index contributed by atoms with van der Waals surface area (Å²) in [4.78, 5) is 33.8. The lowest BCUT2D eigenvalue weighted by Crippen LogP contribution is -2.71. The number of rotatable bonds is 4. The van der Waals surface area contributed by atoms with Crippen LogP contribution in [0.1, 0.15) is 30.0 Å². The number of aromatic nitrogens is 1. The molecule has 2 amide bonds. The molecule has 0 bridgehead atoms. The minimum Gasteiger partial charge on any atom is -0.394 e. The van der Waals surface area contributed by atoms with Crippen molar-refractivity contribution in [1.82, 2.24) is 9.88 Å². The Morgan fingerprint density at radius 3 is 2.61 bits per heavy atom. The molecule has 6 heteroatoms. The van der Waals surface area contributed by atoms with Gasteiger partial charge in [-0.1, -0.05) is 24.3 Å². The standard InChI is InChI=1S/C22H23N3O3/c26-13-19-21-16-6-1-2-7-17(16)24(22(28)14-8-9-14)12-18(21)25(19)20(27)11-15-5-3-4-10-23-15/h1-7,10,14,18-19,21,26H,8-9,11-13H2/t18-,19-,21+/m0/s1. The van der Waals surface area contributed by atoms with E-state index in [4.69, 9.17) is 0 Å². The van der Waals surface area contributed by atoms with Gasteiger partial charge in [-0.3, -0.25) is 14.6 Å². The SMILES string of the molecule is O=C(C1CC1)N1C[C@H]2[C@@H](c3ccccc31)[C@H](CO)N2C(=O)Cc1ccccn1. The minimum atomic E-state index is -0.250. The molecule has 1 saturated heterocycles. The number of carbonyl (C=O) groups is 2. The van der Waals surface area contributed by atoms with Gasteiger partial charge in [-0.2, -0.15) is 0 Å². The second kappa shape index (κ2) is 6.71. The van der Waals surface area contributed by atoms with Crippen LogP contribution in [0.3, 0.4) is 0 Å². The van der Waals surface area contributed by atoms with Crippen molar-refractivity contribution in [1.29, 1.82) is 0 Å². The quantitative estimate of drug-likeness (QED) is 0.881. The van der Waals surface area contributed by atoms with Crippen molar-refractivity contribution in [2.24, 2.45) is 5.92 Å². The summed E-state index contributed by atoms with van der Waals surface area (Å²) in [5.41, 5.74) is 2.72. The summed E-state index contributed by atoms with van der Waals surface area (Å²) in [6.07, 6.45) is 3.79. The summed E-state index contributed by atoms with van der Waals surface area (Å²) in [6, 6.07) is 13.1. The Labute approximate surface area is 163 Å². The summed E-state index contributed by atoms with van der Waals surface area (Å²) in [5, 5.41) is 10.0.